The Labute approximate surface area is 142 Å². The number of hydrogen-bond acceptors (Lipinski definition) is 3. The molecule has 2 aromatic carbocycles. The van der Waals surface area contributed by atoms with Crippen molar-refractivity contribution in [3.8, 4) is 11.8 Å². The van der Waals surface area contributed by atoms with E-state index in [-0.39, 0.29) is 12.1 Å². The van der Waals surface area contributed by atoms with Crippen LogP contribution in [0.2, 0.25) is 0 Å². The molecule has 2 aliphatic heterocycles. The van der Waals surface area contributed by atoms with Crippen LogP contribution in [0.25, 0.3) is 0 Å². The van der Waals surface area contributed by atoms with Gasteiger partial charge in [-0.3, -0.25) is 5.32 Å². The average molecular weight is 316 g/mol. The van der Waals surface area contributed by atoms with Crippen molar-refractivity contribution < 1.29 is 4.74 Å². The van der Waals surface area contributed by atoms with E-state index >= 15 is 0 Å². The van der Waals surface area contributed by atoms with Gasteiger partial charge in [-0.2, -0.15) is 5.26 Å². The third-order valence-corrected chi connectivity index (χ3v) is 6.16. The molecule has 24 heavy (non-hydrogen) atoms. The van der Waals surface area contributed by atoms with Crippen LogP contribution in [0.5, 0.6) is 5.75 Å². The van der Waals surface area contributed by atoms with Crippen LogP contribution in [0.15, 0.2) is 54.6 Å². The minimum atomic E-state index is -0.615. The Morgan fingerprint density at radius 3 is 2.67 bits per heavy atom. The van der Waals surface area contributed by atoms with Gasteiger partial charge in [-0.05, 0) is 30.9 Å². The van der Waals surface area contributed by atoms with Crippen LogP contribution in [-0.2, 0) is 5.54 Å². The first-order valence-electron chi connectivity index (χ1n) is 8.83. The molecule has 2 aromatic rings. The van der Waals surface area contributed by atoms with E-state index in [1.807, 2.05) is 24.3 Å². The van der Waals surface area contributed by atoms with Crippen molar-refractivity contribution >= 4 is 0 Å². The normalized spacial score (nSPS) is 36.1. The summed E-state index contributed by atoms with van der Waals surface area (Å²) in [5.41, 5.74) is 1.68. The topological polar surface area (TPSA) is 45.0 Å². The fourth-order valence-corrected chi connectivity index (χ4v) is 5.19. The first-order chi connectivity index (χ1) is 11.8. The highest BCUT2D eigenvalue weighted by atomic mass is 16.5. The highest BCUT2D eigenvalue weighted by Gasteiger charge is 2.60. The number of ether oxygens (including phenoxy) is 1. The number of para-hydroxylation sites is 1. The first kappa shape index (κ1) is 14.1. The summed E-state index contributed by atoms with van der Waals surface area (Å²) in [6.07, 6.45) is 3.51. The molecule has 2 heterocycles. The molecule has 1 saturated carbocycles. The van der Waals surface area contributed by atoms with Crippen LogP contribution in [0.3, 0.4) is 0 Å². The Kier molecular flexibility index (Phi) is 2.98. The van der Waals surface area contributed by atoms with Crippen molar-refractivity contribution in [2.75, 3.05) is 0 Å². The second kappa shape index (κ2) is 5.09. The zero-order chi connectivity index (χ0) is 16.1. The van der Waals surface area contributed by atoms with E-state index in [0.717, 1.165) is 30.6 Å². The Morgan fingerprint density at radius 1 is 1.04 bits per heavy atom. The van der Waals surface area contributed by atoms with Crippen LogP contribution in [0.4, 0.5) is 0 Å². The molecule has 120 valence electrons. The van der Waals surface area contributed by atoms with E-state index in [2.05, 4.69) is 41.7 Å². The van der Waals surface area contributed by atoms with Gasteiger partial charge in [0.2, 0.25) is 0 Å². The molecule has 0 amide bonds. The van der Waals surface area contributed by atoms with Gasteiger partial charge in [0.15, 0.2) is 0 Å². The monoisotopic (exact) mass is 316 g/mol. The summed E-state index contributed by atoms with van der Waals surface area (Å²) in [6, 6.07) is 21.4. The van der Waals surface area contributed by atoms with E-state index in [4.69, 9.17) is 4.74 Å². The molecule has 0 bridgehead atoms. The highest BCUT2D eigenvalue weighted by molar-refractivity contribution is 5.45. The van der Waals surface area contributed by atoms with E-state index in [0.29, 0.717) is 11.8 Å². The highest BCUT2D eigenvalue weighted by Crippen LogP contribution is 2.57. The number of rotatable bonds is 1. The molecule has 0 radical (unpaired) electrons. The summed E-state index contributed by atoms with van der Waals surface area (Å²) >= 11 is 0. The molecule has 1 N–H and O–H groups in total. The summed E-state index contributed by atoms with van der Waals surface area (Å²) in [5.74, 6) is 1.65. The zero-order valence-corrected chi connectivity index (χ0v) is 13.5. The SMILES string of the molecule is N#CC1(c2ccccc2)NC2c3ccccc3OC3CCCC1C32. The van der Waals surface area contributed by atoms with Gasteiger partial charge in [0.05, 0.1) is 6.07 Å². The van der Waals surface area contributed by atoms with Gasteiger partial charge in [0.1, 0.15) is 17.4 Å². The molecule has 3 heteroatoms. The molecule has 1 saturated heterocycles. The van der Waals surface area contributed by atoms with E-state index < -0.39 is 5.54 Å². The van der Waals surface area contributed by atoms with Crippen molar-refractivity contribution in [1.82, 2.24) is 5.32 Å². The second-order valence-electron chi connectivity index (χ2n) is 7.22. The minimum Gasteiger partial charge on any atom is -0.490 e. The largest absolute Gasteiger partial charge is 0.490 e. The van der Waals surface area contributed by atoms with E-state index in [1.165, 1.54) is 5.56 Å². The fraction of sp³-hybridized carbons (Fsp3) is 0.381. The van der Waals surface area contributed by atoms with Crippen molar-refractivity contribution in [1.29, 1.82) is 5.26 Å². The Balaban J connectivity index is 1.68. The molecule has 5 rings (SSSR count). The summed E-state index contributed by atoms with van der Waals surface area (Å²) < 4.78 is 6.34. The molecule has 0 spiro atoms. The minimum absolute atomic E-state index is 0.199. The van der Waals surface area contributed by atoms with Gasteiger partial charge in [-0.25, -0.2) is 0 Å². The van der Waals surface area contributed by atoms with Crippen LogP contribution in [0, 0.1) is 23.2 Å². The third kappa shape index (κ3) is 1.75. The molecular formula is C21H20N2O. The number of fused-ring (bicyclic) bond motifs is 2. The van der Waals surface area contributed by atoms with E-state index in [1.54, 1.807) is 0 Å². The predicted octanol–water partition coefficient (Wildman–Crippen LogP) is 3.93. The molecule has 0 aromatic heterocycles. The van der Waals surface area contributed by atoms with Gasteiger partial charge in [-0.15, -0.1) is 0 Å². The smallest absolute Gasteiger partial charge is 0.136 e. The average Bonchev–Trinajstić information content (AvgIpc) is 3.00. The van der Waals surface area contributed by atoms with Crippen LogP contribution in [0.1, 0.15) is 36.4 Å². The fourth-order valence-electron chi connectivity index (χ4n) is 5.19. The van der Waals surface area contributed by atoms with Crippen molar-refractivity contribution in [2.24, 2.45) is 11.8 Å². The Bertz CT molecular complexity index is 812. The summed E-state index contributed by atoms with van der Waals surface area (Å²) in [6.45, 7) is 0. The molecule has 5 unspecified atom stereocenters. The predicted molar refractivity (Wildman–Crippen MR) is 91.3 cm³/mol. The van der Waals surface area contributed by atoms with Gasteiger partial charge in [0.25, 0.3) is 0 Å². The summed E-state index contributed by atoms with van der Waals surface area (Å²) in [5, 5.41) is 14.0. The molecule has 5 atom stereocenters. The summed E-state index contributed by atoms with van der Waals surface area (Å²) in [7, 11) is 0. The zero-order valence-electron chi connectivity index (χ0n) is 13.5. The molecule has 3 nitrogen and oxygen atoms in total. The third-order valence-electron chi connectivity index (χ3n) is 6.16. The van der Waals surface area contributed by atoms with Crippen LogP contribution >= 0.6 is 0 Å². The number of hydrogen-bond donors (Lipinski definition) is 1. The first-order valence-corrected chi connectivity index (χ1v) is 8.83. The maximum Gasteiger partial charge on any atom is 0.136 e. The van der Waals surface area contributed by atoms with Gasteiger partial charge < -0.3 is 4.74 Å². The van der Waals surface area contributed by atoms with Crippen molar-refractivity contribution in [3.05, 3.63) is 65.7 Å². The van der Waals surface area contributed by atoms with Crippen LogP contribution < -0.4 is 10.1 Å². The number of benzene rings is 2. The number of nitriles is 1. The summed E-state index contributed by atoms with van der Waals surface area (Å²) in [4.78, 5) is 0. The van der Waals surface area contributed by atoms with Gasteiger partial charge in [0, 0.05) is 23.4 Å². The van der Waals surface area contributed by atoms with Gasteiger partial charge >= 0.3 is 0 Å². The molecular weight excluding hydrogens is 296 g/mol. The standard InChI is InChI=1S/C21H20N2O/c22-13-21(14-7-2-1-3-8-14)16-10-6-12-18-19(16)20(23-21)15-9-4-5-11-17(15)24-18/h1-5,7-9,11,16,18-20,23H,6,10,12H2. The Hall–Kier alpha value is -2.31. The maximum atomic E-state index is 10.2. The molecule has 2 fully saturated rings. The van der Waals surface area contributed by atoms with Crippen molar-refractivity contribution in [3.63, 3.8) is 0 Å². The maximum absolute atomic E-state index is 10.2. The van der Waals surface area contributed by atoms with Crippen LogP contribution in [-0.4, -0.2) is 6.10 Å². The van der Waals surface area contributed by atoms with Gasteiger partial charge in [-0.1, -0.05) is 48.5 Å². The lowest BCUT2D eigenvalue weighted by atomic mass is 9.66. The quantitative estimate of drug-likeness (QED) is 0.867. The Morgan fingerprint density at radius 2 is 1.83 bits per heavy atom. The molecule has 1 aliphatic carbocycles. The lowest BCUT2D eigenvalue weighted by molar-refractivity contribution is 0.0347. The van der Waals surface area contributed by atoms with Crippen molar-refractivity contribution in [2.45, 2.75) is 36.9 Å². The molecule has 3 aliphatic rings. The number of nitrogens with one attached hydrogen (secondary N) is 1. The lowest BCUT2D eigenvalue weighted by Crippen LogP contribution is -2.44. The van der Waals surface area contributed by atoms with E-state index in [9.17, 15) is 5.26 Å². The lowest BCUT2D eigenvalue weighted by Gasteiger charge is -2.42. The number of nitrogens with zero attached hydrogens (tertiary/aromatic N) is 1. The second-order valence-corrected chi connectivity index (χ2v) is 7.22.